The second-order valence-electron chi connectivity index (χ2n) is 14.2. The van der Waals surface area contributed by atoms with Crippen molar-refractivity contribution in [3.8, 4) is 0 Å². The van der Waals surface area contributed by atoms with Crippen LogP contribution in [0.5, 0.6) is 0 Å². The van der Waals surface area contributed by atoms with Gasteiger partial charge in [-0.2, -0.15) is 11.6 Å². The molecule has 0 radical (unpaired) electrons. The molecule has 1 atom stereocenters. The Balaban J connectivity index is 0.000000692. The monoisotopic (exact) mass is 656 g/mol. The molecule has 3 heteroatoms. The fraction of sp³-hybridized carbons (Fsp3) is 0.514. The molecule has 1 aliphatic rings. The molecular weight excluding hydrogens is 607 g/mol. The first kappa shape index (κ1) is 39.1. The number of rotatable bonds is 3. The first-order valence-corrected chi connectivity index (χ1v) is 15.6. The Hall–Kier alpha value is -0.877. The molecule has 1 unspecified atom stereocenters. The summed E-state index contributed by atoms with van der Waals surface area (Å²) < 4.78 is 1.51. The van der Waals surface area contributed by atoms with Crippen LogP contribution in [-0.2, 0) is 35.1 Å². The molecule has 0 fully saturated rings. The van der Waals surface area contributed by atoms with Crippen LogP contribution < -0.4 is 24.8 Å². The number of halogens is 2. The number of hydrogen-bond donors (Lipinski definition) is 0. The molecule has 40 heavy (non-hydrogen) atoms. The molecule has 0 aromatic heterocycles. The van der Waals surface area contributed by atoms with Gasteiger partial charge in [0.05, 0.1) is 0 Å². The van der Waals surface area contributed by atoms with E-state index in [1.54, 1.807) is 24.2 Å². The maximum atomic E-state index is 3.43. The third-order valence-corrected chi connectivity index (χ3v) is 7.01. The maximum Gasteiger partial charge on any atom is -1.00 e. The number of allylic oxidation sites excluding steroid dienone is 4. The first-order valence-electron chi connectivity index (χ1n) is 14.4. The van der Waals surface area contributed by atoms with Crippen molar-refractivity contribution in [2.75, 3.05) is 0 Å². The number of unbranched alkanes of at least 4 members (excludes halogenated alkanes) is 1. The third kappa shape index (κ3) is 11.8. The van der Waals surface area contributed by atoms with E-state index < -0.39 is 0 Å². The first-order chi connectivity index (χ1) is 17.4. The Kier molecular flexibility index (Phi) is 15.7. The minimum absolute atomic E-state index is 0. The van der Waals surface area contributed by atoms with Crippen LogP contribution in [0.1, 0.15) is 113 Å². The zero-order valence-corrected chi connectivity index (χ0v) is 31.1. The van der Waals surface area contributed by atoms with Gasteiger partial charge in [0.2, 0.25) is 0 Å². The summed E-state index contributed by atoms with van der Waals surface area (Å²) in [5, 5.41) is 5.49. The molecule has 0 saturated heterocycles. The van der Waals surface area contributed by atoms with Crippen LogP contribution in [0.25, 0.3) is 21.5 Å². The molecule has 0 nitrogen and oxygen atoms in total. The van der Waals surface area contributed by atoms with E-state index in [2.05, 4.69) is 144 Å². The van der Waals surface area contributed by atoms with Crippen molar-refractivity contribution in [2.45, 2.75) is 113 Å². The smallest absolute Gasteiger partial charge is 1.00 e. The summed E-state index contributed by atoms with van der Waals surface area (Å²) in [6.45, 7) is 26.9. The van der Waals surface area contributed by atoms with Gasteiger partial charge < -0.3 is 24.8 Å². The molecule has 0 N–H and O–H groups in total. The minimum atomic E-state index is 0. The molecule has 3 aromatic rings. The van der Waals surface area contributed by atoms with E-state index >= 15 is 0 Å². The van der Waals surface area contributed by atoms with Crippen molar-refractivity contribution < 1.29 is 49.0 Å². The molecule has 0 amide bonds. The molecule has 0 heterocycles. The maximum absolute atomic E-state index is 3.43. The third-order valence-electron chi connectivity index (χ3n) is 7.01. The quantitative estimate of drug-likeness (QED) is 0.340. The largest absolute Gasteiger partial charge is 1.00 e. The normalized spacial score (nSPS) is 14.8. The SMILES string of the molecule is CC(C)(C)c1ccc2[cH-]c3ccc(C(C)(C)C)cc3c2c1.CCCCC1[C-]=CC(C(C)(C)C)=C1.C[C](C)=[Zr+2].[Cl-].[Cl-]. The topological polar surface area (TPSA) is 0 Å². The molecule has 220 valence electrons. The average Bonchev–Trinajstić information content (AvgIpc) is 3.40. The van der Waals surface area contributed by atoms with Gasteiger partial charge in [0.15, 0.2) is 0 Å². The van der Waals surface area contributed by atoms with Gasteiger partial charge in [-0.3, -0.25) is 6.08 Å². The van der Waals surface area contributed by atoms with Crippen molar-refractivity contribution in [3.05, 3.63) is 77.4 Å². The van der Waals surface area contributed by atoms with Crippen molar-refractivity contribution >= 4 is 24.8 Å². The van der Waals surface area contributed by atoms with Crippen LogP contribution in [0.4, 0.5) is 0 Å². The zero-order valence-electron chi connectivity index (χ0n) is 27.2. The van der Waals surface area contributed by atoms with Gasteiger partial charge in [0.25, 0.3) is 0 Å². The Morgan fingerprint density at radius 1 is 0.775 bits per heavy atom. The summed E-state index contributed by atoms with van der Waals surface area (Å²) in [5.74, 6) is 0.592. The number of hydrogen-bond acceptors (Lipinski definition) is 0. The van der Waals surface area contributed by atoms with Crippen molar-refractivity contribution in [2.24, 2.45) is 11.3 Å². The van der Waals surface area contributed by atoms with Crippen LogP contribution in [0.3, 0.4) is 0 Å². The summed E-state index contributed by atoms with van der Waals surface area (Å²) >= 11 is 1.55. The summed E-state index contributed by atoms with van der Waals surface area (Å²) in [5.41, 5.74) is 4.95. The number of fused-ring (bicyclic) bond motifs is 3. The second kappa shape index (κ2) is 16.1. The molecule has 4 rings (SSSR count). The van der Waals surface area contributed by atoms with Crippen molar-refractivity contribution in [1.29, 1.82) is 0 Å². The van der Waals surface area contributed by atoms with Gasteiger partial charge in [-0.1, -0.05) is 135 Å². The molecule has 0 saturated carbocycles. The summed E-state index contributed by atoms with van der Waals surface area (Å²) in [7, 11) is 0. The second-order valence-corrected chi connectivity index (χ2v) is 16.6. The van der Waals surface area contributed by atoms with Crippen LogP contribution in [0.15, 0.2) is 60.2 Å². The Morgan fingerprint density at radius 2 is 1.20 bits per heavy atom. The fourth-order valence-electron chi connectivity index (χ4n) is 4.50. The van der Waals surface area contributed by atoms with Crippen molar-refractivity contribution in [1.82, 2.24) is 0 Å². The number of benzene rings is 2. The van der Waals surface area contributed by atoms with Gasteiger partial charge in [-0.15, -0.1) is 39.7 Å². The Morgan fingerprint density at radius 3 is 1.52 bits per heavy atom. The molecule has 3 aromatic carbocycles. The van der Waals surface area contributed by atoms with Gasteiger partial charge in [0.1, 0.15) is 0 Å². The summed E-state index contributed by atoms with van der Waals surface area (Å²) in [6, 6.07) is 16.1. The summed E-state index contributed by atoms with van der Waals surface area (Å²) in [4.78, 5) is 0. The van der Waals surface area contributed by atoms with Crippen molar-refractivity contribution in [3.63, 3.8) is 0 Å². The van der Waals surface area contributed by atoms with Gasteiger partial charge in [0, 0.05) is 0 Å². The van der Waals surface area contributed by atoms with E-state index in [9.17, 15) is 0 Å². The van der Waals surface area contributed by atoms with Crippen LogP contribution in [-0.4, -0.2) is 3.21 Å². The van der Waals surface area contributed by atoms with E-state index in [-0.39, 0.29) is 35.6 Å². The predicted molar refractivity (Wildman–Crippen MR) is 169 cm³/mol. The van der Waals surface area contributed by atoms with E-state index in [0.717, 1.165) is 0 Å². The molecule has 0 spiro atoms. The van der Waals surface area contributed by atoms with E-state index in [1.807, 2.05) is 0 Å². The minimum Gasteiger partial charge on any atom is -1.00 e. The summed E-state index contributed by atoms with van der Waals surface area (Å²) in [6.07, 6.45) is 11.9. The van der Waals surface area contributed by atoms with Gasteiger partial charge in [-0.05, 0) is 10.8 Å². The molecular formula is C37H52Cl2Zr-2. The average molecular weight is 659 g/mol. The zero-order chi connectivity index (χ0) is 28.9. The predicted octanol–water partition coefficient (Wildman–Crippen LogP) is 5.20. The fourth-order valence-corrected chi connectivity index (χ4v) is 4.50. The molecule has 0 bridgehead atoms. The van der Waals surface area contributed by atoms with Crippen LogP contribution in [0.2, 0.25) is 0 Å². The Labute approximate surface area is 274 Å². The van der Waals surface area contributed by atoms with Crippen LogP contribution in [0, 0.1) is 17.4 Å². The molecule has 1 aliphatic carbocycles. The standard InChI is InChI=1S/C21H25.C13H21.C3H6.2ClH.Zr/c1-20(2,3)16-9-7-14-11-15-8-10-17(21(4,5)6)13-19(15)18(14)12-16;1-5-6-7-11-8-9-12(10-11)13(2,3)4;1-3-2;;;/h7-13H,1-6H3;9-11H,5-7H2,1-4H3;1-2H3;2*1H;/q2*-1;;;;+2/p-2. The Bertz CT molecular complexity index is 1210. The van der Waals surface area contributed by atoms with E-state index in [0.29, 0.717) is 11.3 Å². The molecule has 0 aliphatic heterocycles. The van der Waals surface area contributed by atoms with E-state index in [4.69, 9.17) is 0 Å². The van der Waals surface area contributed by atoms with E-state index in [1.165, 1.54) is 60.7 Å². The van der Waals surface area contributed by atoms with Crippen LogP contribution >= 0.6 is 0 Å². The van der Waals surface area contributed by atoms with Gasteiger partial charge >= 0.3 is 41.3 Å². The van der Waals surface area contributed by atoms with Gasteiger partial charge in [-0.25, -0.2) is 6.08 Å².